The highest BCUT2D eigenvalue weighted by Crippen LogP contribution is 2.29. The van der Waals surface area contributed by atoms with Crippen LogP contribution in [0, 0.1) is 0 Å². The third kappa shape index (κ3) is 1.62. The van der Waals surface area contributed by atoms with Crippen molar-refractivity contribution in [3.05, 3.63) is 27.7 Å². The Morgan fingerprint density at radius 3 is 3.00 bits per heavy atom. The van der Waals surface area contributed by atoms with Crippen LogP contribution in [0.2, 0.25) is 0 Å². The zero-order valence-electron chi connectivity index (χ0n) is 7.51. The number of carboxylic acids is 1. The Kier molecular flexibility index (Phi) is 2.46. The van der Waals surface area contributed by atoms with E-state index in [1.165, 1.54) is 0 Å². The molecule has 0 radical (unpaired) electrons. The molecule has 2 N–H and O–H groups in total. The SMILES string of the molecule is O=C(O)c1cc(Br)cc2c1NCCC2. The molecule has 0 fully saturated rings. The molecule has 14 heavy (non-hydrogen) atoms. The summed E-state index contributed by atoms with van der Waals surface area (Å²) in [6, 6.07) is 3.62. The maximum absolute atomic E-state index is 11.0. The minimum Gasteiger partial charge on any atom is -0.478 e. The van der Waals surface area contributed by atoms with Crippen LogP contribution in [0.4, 0.5) is 5.69 Å². The van der Waals surface area contributed by atoms with E-state index in [-0.39, 0.29) is 0 Å². The molecule has 74 valence electrons. The Bertz CT molecular complexity index is 390. The number of hydrogen-bond donors (Lipinski definition) is 2. The Morgan fingerprint density at radius 1 is 1.50 bits per heavy atom. The number of carbonyl (C=O) groups is 1. The van der Waals surface area contributed by atoms with Gasteiger partial charge >= 0.3 is 5.97 Å². The summed E-state index contributed by atoms with van der Waals surface area (Å²) in [5, 5.41) is 12.1. The largest absolute Gasteiger partial charge is 0.478 e. The predicted octanol–water partition coefficient (Wildman–Crippen LogP) is 2.51. The number of nitrogens with one attached hydrogen (secondary N) is 1. The molecule has 0 saturated carbocycles. The van der Waals surface area contributed by atoms with Crippen molar-refractivity contribution in [3.63, 3.8) is 0 Å². The predicted molar refractivity (Wildman–Crippen MR) is 57.9 cm³/mol. The number of aromatic carboxylic acids is 1. The van der Waals surface area contributed by atoms with Crippen LogP contribution < -0.4 is 5.32 Å². The number of benzene rings is 1. The number of halogens is 1. The fourth-order valence-corrected chi connectivity index (χ4v) is 2.24. The van der Waals surface area contributed by atoms with Gasteiger partial charge in [0.1, 0.15) is 0 Å². The molecule has 0 bridgehead atoms. The van der Waals surface area contributed by atoms with Gasteiger partial charge in [0.2, 0.25) is 0 Å². The van der Waals surface area contributed by atoms with Crippen LogP contribution in [0.25, 0.3) is 0 Å². The Balaban J connectivity index is 2.58. The fraction of sp³-hybridized carbons (Fsp3) is 0.300. The minimum absolute atomic E-state index is 0.356. The molecule has 0 atom stereocenters. The van der Waals surface area contributed by atoms with Gasteiger partial charge in [0.05, 0.1) is 11.3 Å². The average molecular weight is 256 g/mol. The molecule has 0 unspecified atom stereocenters. The second kappa shape index (κ2) is 3.61. The highest BCUT2D eigenvalue weighted by atomic mass is 79.9. The van der Waals surface area contributed by atoms with Crippen molar-refractivity contribution in [1.82, 2.24) is 0 Å². The van der Waals surface area contributed by atoms with Gasteiger partial charge < -0.3 is 10.4 Å². The summed E-state index contributed by atoms with van der Waals surface area (Å²) >= 11 is 3.32. The number of aryl methyl sites for hydroxylation is 1. The van der Waals surface area contributed by atoms with E-state index in [9.17, 15) is 4.79 Å². The number of hydrogen-bond acceptors (Lipinski definition) is 2. The Morgan fingerprint density at radius 2 is 2.29 bits per heavy atom. The first-order valence-electron chi connectivity index (χ1n) is 4.48. The highest BCUT2D eigenvalue weighted by Gasteiger charge is 2.17. The maximum atomic E-state index is 11.0. The van der Waals surface area contributed by atoms with Crippen molar-refractivity contribution in [2.24, 2.45) is 0 Å². The number of rotatable bonds is 1. The quantitative estimate of drug-likeness (QED) is 0.811. The maximum Gasteiger partial charge on any atom is 0.337 e. The van der Waals surface area contributed by atoms with Gasteiger partial charge in [-0.25, -0.2) is 4.79 Å². The fourth-order valence-electron chi connectivity index (χ4n) is 1.73. The van der Waals surface area contributed by atoms with E-state index in [2.05, 4.69) is 21.2 Å². The van der Waals surface area contributed by atoms with Gasteiger partial charge in [-0.15, -0.1) is 0 Å². The van der Waals surface area contributed by atoms with Gasteiger partial charge in [0, 0.05) is 11.0 Å². The topological polar surface area (TPSA) is 49.3 Å². The van der Waals surface area contributed by atoms with Crippen LogP contribution >= 0.6 is 15.9 Å². The molecule has 2 rings (SSSR count). The van der Waals surface area contributed by atoms with Crippen molar-refractivity contribution >= 4 is 27.6 Å². The Hall–Kier alpha value is -1.03. The van der Waals surface area contributed by atoms with Crippen molar-refractivity contribution in [3.8, 4) is 0 Å². The molecule has 3 nitrogen and oxygen atoms in total. The lowest BCUT2D eigenvalue weighted by atomic mass is 9.99. The summed E-state index contributed by atoms with van der Waals surface area (Å²) in [5.74, 6) is -0.878. The second-order valence-electron chi connectivity index (χ2n) is 3.32. The molecule has 0 amide bonds. The van der Waals surface area contributed by atoms with Crippen molar-refractivity contribution in [2.45, 2.75) is 12.8 Å². The zero-order valence-corrected chi connectivity index (χ0v) is 9.10. The van der Waals surface area contributed by atoms with E-state index in [4.69, 9.17) is 5.11 Å². The van der Waals surface area contributed by atoms with Gasteiger partial charge in [-0.05, 0) is 30.5 Å². The average Bonchev–Trinajstić information content (AvgIpc) is 2.16. The normalized spacial score (nSPS) is 14.4. The third-order valence-electron chi connectivity index (χ3n) is 2.34. The van der Waals surface area contributed by atoms with Crippen LogP contribution in [0.1, 0.15) is 22.3 Å². The van der Waals surface area contributed by atoms with Crippen LogP contribution in [0.5, 0.6) is 0 Å². The van der Waals surface area contributed by atoms with Crippen LogP contribution in [0.3, 0.4) is 0 Å². The van der Waals surface area contributed by atoms with Crippen LogP contribution in [-0.4, -0.2) is 17.6 Å². The molecule has 1 aromatic carbocycles. The molecular formula is C10H10BrNO2. The molecule has 4 heteroatoms. The lowest BCUT2D eigenvalue weighted by Gasteiger charge is -2.20. The van der Waals surface area contributed by atoms with Gasteiger partial charge in [-0.3, -0.25) is 0 Å². The molecule has 1 aliphatic heterocycles. The summed E-state index contributed by atoms with van der Waals surface area (Å²) < 4.78 is 0.831. The van der Waals surface area contributed by atoms with Gasteiger partial charge in [0.15, 0.2) is 0 Å². The standard InChI is InChI=1S/C10H10BrNO2/c11-7-4-6-2-1-3-12-9(6)8(5-7)10(13)14/h4-5,12H,1-3H2,(H,13,14). The molecular weight excluding hydrogens is 246 g/mol. The highest BCUT2D eigenvalue weighted by molar-refractivity contribution is 9.10. The monoisotopic (exact) mass is 255 g/mol. The van der Waals surface area contributed by atoms with Crippen molar-refractivity contribution < 1.29 is 9.90 Å². The lowest BCUT2D eigenvalue weighted by Crippen LogP contribution is -2.15. The van der Waals surface area contributed by atoms with E-state index >= 15 is 0 Å². The molecule has 0 spiro atoms. The minimum atomic E-state index is -0.878. The second-order valence-corrected chi connectivity index (χ2v) is 4.24. The van der Waals surface area contributed by atoms with Gasteiger partial charge in [0.25, 0.3) is 0 Å². The van der Waals surface area contributed by atoms with Crippen LogP contribution in [-0.2, 0) is 6.42 Å². The molecule has 0 aliphatic carbocycles. The third-order valence-corrected chi connectivity index (χ3v) is 2.80. The first-order chi connectivity index (χ1) is 6.68. The lowest BCUT2D eigenvalue weighted by molar-refractivity contribution is 0.0697. The molecule has 1 heterocycles. The van der Waals surface area contributed by atoms with E-state index in [0.29, 0.717) is 5.56 Å². The van der Waals surface area contributed by atoms with E-state index in [1.807, 2.05) is 6.07 Å². The van der Waals surface area contributed by atoms with Crippen molar-refractivity contribution in [2.75, 3.05) is 11.9 Å². The summed E-state index contributed by atoms with van der Waals surface area (Å²) in [6.45, 7) is 0.856. The summed E-state index contributed by atoms with van der Waals surface area (Å²) in [7, 11) is 0. The summed E-state index contributed by atoms with van der Waals surface area (Å²) in [4.78, 5) is 11.0. The summed E-state index contributed by atoms with van der Waals surface area (Å²) in [5.41, 5.74) is 2.23. The van der Waals surface area contributed by atoms with Gasteiger partial charge in [-0.2, -0.15) is 0 Å². The van der Waals surface area contributed by atoms with Crippen molar-refractivity contribution in [1.29, 1.82) is 0 Å². The molecule has 0 aromatic heterocycles. The molecule has 0 saturated heterocycles. The first-order valence-corrected chi connectivity index (χ1v) is 5.27. The van der Waals surface area contributed by atoms with E-state index in [1.54, 1.807) is 6.07 Å². The first kappa shape index (κ1) is 9.52. The van der Waals surface area contributed by atoms with E-state index in [0.717, 1.165) is 35.1 Å². The smallest absolute Gasteiger partial charge is 0.337 e. The Labute approximate surface area is 90.3 Å². The van der Waals surface area contributed by atoms with Gasteiger partial charge in [-0.1, -0.05) is 15.9 Å². The number of anilines is 1. The number of fused-ring (bicyclic) bond motifs is 1. The van der Waals surface area contributed by atoms with E-state index < -0.39 is 5.97 Å². The summed E-state index contributed by atoms with van der Waals surface area (Å²) in [6.07, 6.45) is 2.00. The van der Waals surface area contributed by atoms with Crippen LogP contribution in [0.15, 0.2) is 16.6 Å². The molecule has 1 aliphatic rings. The molecule has 1 aromatic rings. The number of carboxylic acid groups (broad SMARTS) is 1. The zero-order chi connectivity index (χ0) is 10.1.